The van der Waals surface area contributed by atoms with Gasteiger partial charge in [0, 0.05) is 18.2 Å². The number of H-pyrrole nitrogens is 1. The Kier molecular flexibility index (Phi) is 5.50. The molecule has 1 aromatic heterocycles. The van der Waals surface area contributed by atoms with Gasteiger partial charge < -0.3 is 15.2 Å². The van der Waals surface area contributed by atoms with E-state index < -0.39 is 0 Å². The lowest BCUT2D eigenvalue weighted by Gasteiger charge is -2.28. The maximum atomic E-state index is 11.9. The predicted molar refractivity (Wildman–Crippen MR) is 80.9 cm³/mol. The molecule has 0 atom stereocenters. The molecule has 1 aromatic rings. The van der Waals surface area contributed by atoms with Crippen LogP contribution >= 0.6 is 0 Å². The number of aryl methyl sites for hydroxylation is 1. The van der Waals surface area contributed by atoms with Crippen molar-refractivity contribution in [3.05, 3.63) is 27.9 Å². The summed E-state index contributed by atoms with van der Waals surface area (Å²) < 4.78 is 0. The van der Waals surface area contributed by atoms with Crippen LogP contribution in [0.25, 0.3) is 0 Å². The molecule has 0 aromatic carbocycles. The zero-order valence-electron chi connectivity index (χ0n) is 12.8. The van der Waals surface area contributed by atoms with Crippen LogP contribution in [-0.4, -0.2) is 40.9 Å². The van der Waals surface area contributed by atoms with Gasteiger partial charge in [-0.15, -0.1) is 0 Å². The van der Waals surface area contributed by atoms with Crippen LogP contribution in [0.15, 0.2) is 10.9 Å². The van der Waals surface area contributed by atoms with Gasteiger partial charge in [0.15, 0.2) is 0 Å². The molecule has 0 spiro atoms. The molecule has 1 saturated heterocycles. The number of hydrogen-bond acceptors (Lipinski definition) is 4. The first kappa shape index (κ1) is 15.7. The van der Waals surface area contributed by atoms with Crippen LogP contribution in [0.2, 0.25) is 0 Å². The van der Waals surface area contributed by atoms with E-state index in [1.807, 2.05) is 0 Å². The first-order valence-electron chi connectivity index (χ1n) is 7.55. The van der Waals surface area contributed by atoms with Crippen LogP contribution in [0.1, 0.15) is 37.2 Å². The summed E-state index contributed by atoms with van der Waals surface area (Å²) in [6.45, 7) is 4.30. The largest absolute Gasteiger partial charge is 0.349 e. The molecule has 0 saturated carbocycles. The summed E-state index contributed by atoms with van der Waals surface area (Å²) in [6, 6.07) is 1.44. The summed E-state index contributed by atoms with van der Waals surface area (Å²) in [5, 5.41) is 2.82. The minimum Gasteiger partial charge on any atom is -0.349 e. The van der Waals surface area contributed by atoms with E-state index in [9.17, 15) is 9.59 Å². The number of nitrogens with one attached hydrogen (secondary N) is 2. The molecule has 116 valence electrons. The molecular weight excluding hydrogens is 268 g/mol. The first-order chi connectivity index (χ1) is 10.0. The molecular formula is C15H24N4O2. The molecule has 0 aliphatic carbocycles. The highest BCUT2D eigenvalue weighted by Crippen LogP contribution is 2.20. The first-order valence-corrected chi connectivity index (χ1v) is 7.55. The van der Waals surface area contributed by atoms with Gasteiger partial charge >= 0.3 is 0 Å². The van der Waals surface area contributed by atoms with Crippen LogP contribution in [0.4, 0.5) is 0 Å². The van der Waals surface area contributed by atoms with Gasteiger partial charge in [0.25, 0.3) is 5.56 Å². The zero-order valence-corrected chi connectivity index (χ0v) is 12.8. The Labute approximate surface area is 125 Å². The second kappa shape index (κ2) is 7.36. The summed E-state index contributed by atoms with van der Waals surface area (Å²) >= 11 is 0. The Balaban J connectivity index is 1.71. The van der Waals surface area contributed by atoms with Gasteiger partial charge in [-0.2, -0.15) is 0 Å². The number of nitrogens with zero attached hydrogens (tertiary/aromatic N) is 2. The number of amides is 1. The normalized spacial score (nSPS) is 16.9. The van der Waals surface area contributed by atoms with Crippen LogP contribution in [0.3, 0.4) is 0 Å². The summed E-state index contributed by atoms with van der Waals surface area (Å²) in [4.78, 5) is 32.3. The molecule has 0 bridgehead atoms. The molecule has 2 N–H and O–H groups in total. The fourth-order valence-electron chi connectivity index (χ4n) is 2.68. The number of carbonyl (C=O) groups is 1. The summed E-state index contributed by atoms with van der Waals surface area (Å²) in [7, 11) is 2.14. The van der Waals surface area contributed by atoms with E-state index in [4.69, 9.17) is 0 Å². The lowest BCUT2D eigenvalue weighted by molar-refractivity contribution is -0.121. The molecule has 1 amide bonds. The lowest BCUT2D eigenvalue weighted by atomic mass is 9.92. The fourth-order valence-corrected chi connectivity index (χ4v) is 2.68. The monoisotopic (exact) mass is 292 g/mol. The van der Waals surface area contributed by atoms with Gasteiger partial charge in [0.05, 0.1) is 6.54 Å². The molecule has 6 heteroatoms. The highest BCUT2D eigenvalue weighted by Gasteiger charge is 2.17. The van der Waals surface area contributed by atoms with E-state index in [0.29, 0.717) is 23.9 Å². The molecule has 1 aliphatic rings. The second-order valence-electron chi connectivity index (χ2n) is 5.90. The number of aromatic amines is 1. The highest BCUT2D eigenvalue weighted by molar-refractivity contribution is 5.75. The summed E-state index contributed by atoms with van der Waals surface area (Å²) in [6.07, 6.45) is 3.84. The maximum Gasteiger partial charge on any atom is 0.251 e. The number of carbonyl (C=O) groups excluding carboxylic acids is 1. The second-order valence-corrected chi connectivity index (χ2v) is 5.90. The number of likely N-dealkylation sites (tertiary alicyclic amines) is 1. The van der Waals surface area contributed by atoms with Gasteiger partial charge in [-0.1, -0.05) is 0 Å². The van der Waals surface area contributed by atoms with Crippen LogP contribution in [0, 0.1) is 12.8 Å². The van der Waals surface area contributed by atoms with E-state index in [-0.39, 0.29) is 18.0 Å². The molecule has 0 radical (unpaired) electrons. The van der Waals surface area contributed by atoms with E-state index in [2.05, 4.69) is 27.2 Å². The van der Waals surface area contributed by atoms with Crippen molar-refractivity contribution in [2.24, 2.45) is 5.92 Å². The number of piperidine rings is 1. The zero-order chi connectivity index (χ0) is 15.2. The lowest BCUT2D eigenvalue weighted by Crippen LogP contribution is -2.31. The average Bonchev–Trinajstić information content (AvgIpc) is 2.43. The van der Waals surface area contributed by atoms with Crippen molar-refractivity contribution < 1.29 is 4.79 Å². The van der Waals surface area contributed by atoms with E-state index >= 15 is 0 Å². The van der Waals surface area contributed by atoms with Crippen molar-refractivity contribution in [1.29, 1.82) is 0 Å². The van der Waals surface area contributed by atoms with Gasteiger partial charge in [-0.05, 0) is 52.2 Å². The van der Waals surface area contributed by atoms with Gasteiger partial charge in [0.1, 0.15) is 5.82 Å². The van der Waals surface area contributed by atoms with Crippen LogP contribution < -0.4 is 10.9 Å². The fraction of sp³-hybridized carbons (Fsp3) is 0.667. The average molecular weight is 292 g/mol. The van der Waals surface area contributed by atoms with Gasteiger partial charge in [-0.25, -0.2) is 4.98 Å². The topological polar surface area (TPSA) is 78.1 Å². The molecule has 1 aliphatic heterocycles. The third-order valence-electron chi connectivity index (χ3n) is 3.99. The number of hydrogen-bond donors (Lipinski definition) is 2. The quantitative estimate of drug-likeness (QED) is 0.842. The van der Waals surface area contributed by atoms with E-state index in [1.165, 1.54) is 18.9 Å². The smallest absolute Gasteiger partial charge is 0.251 e. The van der Waals surface area contributed by atoms with Crippen molar-refractivity contribution in [3.8, 4) is 0 Å². The Hall–Kier alpha value is -1.69. The van der Waals surface area contributed by atoms with Gasteiger partial charge in [0.2, 0.25) is 5.91 Å². The molecule has 2 heterocycles. The predicted octanol–water partition coefficient (Wildman–Crippen LogP) is 0.817. The van der Waals surface area contributed by atoms with Crippen molar-refractivity contribution >= 4 is 5.91 Å². The minimum atomic E-state index is -0.182. The number of rotatable bonds is 5. The molecule has 2 rings (SSSR count). The molecule has 0 unspecified atom stereocenters. The Morgan fingerprint density at radius 2 is 2.19 bits per heavy atom. The standard InChI is InChI=1S/C15H24N4O2/c1-11-9-15(21)18-13(17-11)10-16-14(20)4-3-12-5-7-19(2)8-6-12/h9,12H,3-8,10H2,1-2H3,(H,16,20)(H,17,18,21). The third kappa shape index (κ3) is 5.30. The van der Waals surface area contributed by atoms with Crippen molar-refractivity contribution in [3.63, 3.8) is 0 Å². The Bertz CT molecular complexity index is 533. The molecule has 6 nitrogen and oxygen atoms in total. The summed E-state index contributed by atoms with van der Waals surface area (Å²) in [5.74, 6) is 1.19. The number of aromatic nitrogens is 2. The van der Waals surface area contributed by atoms with Crippen LogP contribution in [0.5, 0.6) is 0 Å². The maximum absolute atomic E-state index is 11.9. The SMILES string of the molecule is Cc1cc(=O)[nH]c(CNC(=O)CCC2CCN(C)CC2)n1. The summed E-state index contributed by atoms with van der Waals surface area (Å²) in [5.41, 5.74) is 0.479. The van der Waals surface area contributed by atoms with Crippen molar-refractivity contribution in [1.82, 2.24) is 20.2 Å². The van der Waals surface area contributed by atoms with E-state index in [1.54, 1.807) is 6.92 Å². The third-order valence-corrected chi connectivity index (χ3v) is 3.99. The van der Waals surface area contributed by atoms with E-state index in [0.717, 1.165) is 19.5 Å². The Morgan fingerprint density at radius 3 is 2.86 bits per heavy atom. The molecule has 21 heavy (non-hydrogen) atoms. The minimum absolute atomic E-state index is 0.0260. The highest BCUT2D eigenvalue weighted by atomic mass is 16.1. The Morgan fingerprint density at radius 1 is 1.48 bits per heavy atom. The van der Waals surface area contributed by atoms with Crippen molar-refractivity contribution in [2.75, 3.05) is 20.1 Å². The van der Waals surface area contributed by atoms with Gasteiger partial charge in [-0.3, -0.25) is 9.59 Å². The van der Waals surface area contributed by atoms with Crippen LogP contribution in [-0.2, 0) is 11.3 Å². The molecule has 1 fully saturated rings. The van der Waals surface area contributed by atoms with Crippen molar-refractivity contribution in [2.45, 2.75) is 39.2 Å².